The van der Waals surface area contributed by atoms with E-state index in [0.29, 0.717) is 24.3 Å². The summed E-state index contributed by atoms with van der Waals surface area (Å²) in [5, 5.41) is 13.7. The van der Waals surface area contributed by atoms with Gasteiger partial charge in [-0.2, -0.15) is 0 Å². The number of nitrogens with one attached hydrogen (secondary N) is 5. The Morgan fingerprint density at radius 1 is 0.974 bits per heavy atom. The molecule has 0 saturated heterocycles. The van der Waals surface area contributed by atoms with Crippen molar-refractivity contribution < 1.29 is 33.4 Å². The van der Waals surface area contributed by atoms with E-state index in [9.17, 15) is 19.2 Å². The summed E-state index contributed by atoms with van der Waals surface area (Å²) in [5.74, 6) is -0.287. The molecule has 0 aliphatic rings. The van der Waals surface area contributed by atoms with Gasteiger partial charge >= 0.3 is 0 Å². The molecule has 13 heteroatoms. The van der Waals surface area contributed by atoms with Crippen LogP contribution in [0.1, 0.15) is 36.5 Å². The first-order valence-corrected chi connectivity index (χ1v) is 12.6. The maximum Gasteiger partial charge on any atom is 0.251 e. The largest absolute Gasteiger partial charge is 0.489 e. The molecule has 1 rings (SSSR count). The first kappa shape index (κ1) is 32.8. The lowest BCUT2D eigenvalue weighted by Gasteiger charge is -2.16. The number of carbonyl (C=O) groups is 4. The van der Waals surface area contributed by atoms with E-state index in [1.165, 1.54) is 14.0 Å². The molecule has 7 N–H and O–H groups in total. The summed E-state index contributed by atoms with van der Waals surface area (Å²) in [6, 6.07) is 6.28. The fourth-order valence-corrected chi connectivity index (χ4v) is 3.18. The standard InChI is InChI=1S/C25H42N6O7/c1-18(32)29-10-5-4-9-21(27-2)25(35)31-12-11-30-24(34)19-7-6-8-20(15-19)38-16-22(26)37-14-13-36-17-23(33)28-3/h6-8,15,21-22,27H,4-5,9-14,16-17,26H2,1-3H3,(H,28,33)(H,29,32)(H,30,34)(H,31,35). The molecular weight excluding hydrogens is 496 g/mol. The number of hydrogen-bond acceptors (Lipinski definition) is 9. The van der Waals surface area contributed by atoms with E-state index >= 15 is 0 Å². The first-order chi connectivity index (χ1) is 18.3. The number of unbranched alkanes of at least 4 members (excludes halogenated alkanes) is 1. The van der Waals surface area contributed by atoms with Gasteiger partial charge in [0.25, 0.3) is 5.91 Å². The Kier molecular flexibility index (Phi) is 17.1. The van der Waals surface area contributed by atoms with Crippen LogP contribution in [0.2, 0.25) is 0 Å². The third kappa shape index (κ3) is 15.1. The number of benzene rings is 1. The van der Waals surface area contributed by atoms with Crippen LogP contribution >= 0.6 is 0 Å². The van der Waals surface area contributed by atoms with Crippen molar-refractivity contribution in [2.24, 2.45) is 5.73 Å². The zero-order valence-electron chi connectivity index (χ0n) is 22.5. The van der Waals surface area contributed by atoms with E-state index < -0.39 is 6.23 Å². The number of hydrogen-bond donors (Lipinski definition) is 6. The average Bonchev–Trinajstić information content (AvgIpc) is 2.91. The summed E-state index contributed by atoms with van der Waals surface area (Å²) in [5.41, 5.74) is 6.26. The maximum atomic E-state index is 12.5. The average molecular weight is 539 g/mol. The van der Waals surface area contributed by atoms with E-state index in [0.717, 1.165) is 12.8 Å². The molecular formula is C25H42N6O7. The third-order valence-electron chi connectivity index (χ3n) is 5.25. The van der Waals surface area contributed by atoms with Gasteiger partial charge in [-0.05, 0) is 44.5 Å². The third-order valence-corrected chi connectivity index (χ3v) is 5.25. The first-order valence-electron chi connectivity index (χ1n) is 12.6. The summed E-state index contributed by atoms with van der Waals surface area (Å²) in [6.07, 6.45) is 1.51. The Morgan fingerprint density at radius 2 is 1.74 bits per heavy atom. The molecule has 214 valence electrons. The highest BCUT2D eigenvalue weighted by Crippen LogP contribution is 2.13. The quantitative estimate of drug-likeness (QED) is 0.0884. The topological polar surface area (TPSA) is 182 Å². The second-order valence-corrected chi connectivity index (χ2v) is 8.34. The predicted molar refractivity (Wildman–Crippen MR) is 141 cm³/mol. The van der Waals surface area contributed by atoms with Crippen molar-refractivity contribution in [3.05, 3.63) is 29.8 Å². The summed E-state index contributed by atoms with van der Waals surface area (Å²) in [7, 11) is 3.25. The van der Waals surface area contributed by atoms with Crippen LogP contribution in [0.15, 0.2) is 24.3 Å². The van der Waals surface area contributed by atoms with Crippen LogP contribution < -0.4 is 37.1 Å². The minimum Gasteiger partial charge on any atom is -0.489 e. The van der Waals surface area contributed by atoms with Gasteiger partial charge < -0.3 is 46.5 Å². The molecule has 1 aromatic carbocycles. The Morgan fingerprint density at radius 3 is 2.45 bits per heavy atom. The molecule has 0 saturated carbocycles. The van der Waals surface area contributed by atoms with Crippen molar-refractivity contribution in [1.29, 1.82) is 0 Å². The van der Waals surface area contributed by atoms with Crippen molar-refractivity contribution >= 4 is 23.6 Å². The molecule has 38 heavy (non-hydrogen) atoms. The Hall–Kier alpha value is -3.26. The number of nitrogens with two attached hydrogens (primary N) is 1. The van der Waals surface area contributed by atoms with Crippen molar-refractivity contribution in [1.82, 2.24) is 26.6 Å². The molecule has 13 nitrogen and oxygen atoms in total. The van der Waals surface area contributed by atoms with Crippen molar-refractivity contribution in [2.75, 3.05) is 60.2 Å². The van der Waals surface area contributed by atoms with Crippen LogP contribution in [-0.2, 0) is 23.9 Å². The summed E-state index contributed by atoms with van der Waals surface area (Å²) >= 11 is 0. The summed E-state index contributed by atoms with van der Waals surface area (Å²) in [4.78, 5) is 46.8. The Labute approximate surface area is 223 Å². The Balaban J connectivity index is 2.29. The van der Waals surface area contributed by atoms with Gasteiger partial charge in [0.15, 0.2) is 0 Å². The van der Waals surface area contributed by atoms with Crippen molar-refractivity contribution in [3.8, 4) is 5.75 Å². The molecule has 0 heterocycles. The normalized spacial score (nSPS) is 12.2. The van der Waals surface area contributed by atoms with Crippen LogP contribution in [0.25, 0.3) is 0 Å². The molecule has 0 aromatic heterocycles. The number of amides is 4. The molecule has 0 radical (unpaired) electrons. The fraction of sp³-hybridized carbons (Fsp3) is 0.600. The van der Waals surface area contributed by atoms with Gasteiger partial charge in [-0.1, -0.05) is 6.07 Å². The highest BCUT2D eigenvalue weighted by molar-refractivity contribution is 5.94. The van der Waals surface area contributed by atoms with Crippen LogP contribution in [-0.4, -0.2) is 96.1 Å². The number of likely N-dealkylation sites (N-methyl/N-ethyl adjacent to an activating group) is 2. The smallest absolute Gasteiger partial charge is 0.251 e. The number of ether oxygens (including phenoxy) is 3. The van der Waals surface area contributed by atoms with Crippen LogP contribution in [0, 0.1) is 0 Å². The highest BCUT2D eigenvalue weighted by atomic mass is 16.6. The molecule has 0 bridgehead atoms. The number of carbonyl (C=O) groups excluding carboxylic acids is 4. The second kappa shape index (κ2) is 19.8. The summed E-state index contributed by atoms with van der Waals surface area (Å²) < 4.78 is 16.1. The lowest BCUT2D eigenvalue weighted by atomic mass is 10.1. The lowest BCUT2D eigenvalue weighted by Crippen LogP contribution is -2.45. The van der Waals surface area contributed by atoms with Crippen molar-refractivity contribution in [2.45, 2.75) is 38.5 Å². The predicted octanol–water partition coefficient (Wildman–Crippen LogP) is -1.13. The van der Waals surface area contributed by atoms with Gasteiger partial charge in [0.05, 0.1) is 19.3 Å². The molecule has 1 aromatic rings. The van der Waals surface area contributed by atoms with E-state index in [4.69, 9.17) is 19.9 Å². The van der Waals surface area contributed by atoms with Gasteiger partial charge in [-0.3, -0.25) is 19.2 Å². The van der Waals surface area contributed by atoms with Gasteiger partial charge in [0.2, 0.25) is 17.7 Å². The lowest BCUT2D eigenvalue weighted by molar-refractivity contribution is -0.126. The monoisotopic (exact) mass is 538 g/mol. The maximum absolute atomic E-state index is 12.5. The van der Waals surface area contributed by atoms with E-state index in [1.54, 1.807) is 31.3 Å². The fourth-order valence-electron chi connectivity index (χ4n) is 3.18. The molecule has 0 fully saturated rings. The minimum absolute atomic E-state index is 0.0502. The SMILES string of the molecule is CNC(=O)COCCOC(N)COc1cccc(C(=O)NCCNC(=O)C(CCCCNC(C)=O)NC)c1. The van der Waals surface area contributed by atoms with E-state index in [1.807, 2.05) is 0 Å². The highest BCUT2D eigenvalue weighted by Gasteiger charge is 2.15. The molecule has 4 amide bonds. The Bertz CT molecular complexity index is 870. The minimum atomic E-state index is -0.710. The van der Waals surface area contributed by atoms with Crippen molar-refractivity contribution in [3.63, 3.8) is 0 Å². The van der Waals surface area contributed by atoms with Gasteiger partial charge in [0, 0.05) is 39.2 Å². The molecule has 0 aliphatic heterocycles. The number of rotatable bonds is 20. The van der Waals surface area contributed by atoms with E-state index in [-0.39, 0.29) is 69.2 Å². The molecule has 2 unspecified atom stereocenters. The van der Waals surface area contributed by atoms with Gasteiger partial charge in [0.1, 0.15) is 25.2 Å². The second-order valence-electron chi connectivity index (χ2n) is 8.34. The molecule has 2 atom stereocenters. The molecule has 0 aliphatic carbocycles. The zero-order chi connectivity index (χ0) is 28.2. The van der Waals surface area contributed by atoms with E-state index in [2.05, 4.69) is 26.6 Å². The van der Waals surface area contributed by atoms with Gasteiger partial charge in [-0.15, -0.1) is 0 Å². The molecule has 0 spiro atoms. The van der Waals surface area contributed by atoms with Crippen LogP contribution in [0.5, 0.6) is 5.75 Å². The van der Waals surface area contributed by atoms with Crippen LogP contribution in [0.3, 0.4) is 0 Å². The van der Waals surface area contributed by atoms with Crippen LogP contribution in [0.4, 0.5) is 0 Å². The zero-order valence-corrected chi connectivity index (χ0v) is 22.5. The van der Waals surface area contributed by atoms with Gasteiger partial charge in [-0.25, -0.2) is 0 Å². The summed E-state index contributed by atoms with van der Waals surface area (Å²) in [6.45, 7) is 3.03.